The number of allylic oxidation sites excluding steroid dienone is 4. The predicted molar refractivity (Wildman–Crippen MR) is 259 cm³/mol. The first-order valence-corrected chi connectivity index (χ1v) is 26.1. The Morgan fingerprint density at radius 2 is 0.567 bits per heavy atom. The van der Waals surface area contributed by atoms with Gasteiger partial charge in [-0.05, 0) is 103 Å². The molecule has 0 saturated carbocycles. The lowest BCUT2D eigenvalue weighted by molar-refractivity contribution is -0.697. The summed E-state index contributed by atoms with van der Waals surface area (Å²) in [5.74, 6) is 0. The van der Waals surface area contributed by atoms with Crippen LogP contribution in [0.1, 0.15) is 219 Å². The normalized spacial score (nSPS) is 12.0. The molecule has 0 saturated heterocycles. The number of aromatic nitrogens is 4. The molecule has 0 N–H and O–H groups in total. The van der Waals surface area contributed by atoms with E-state index in [-0.39, 0.29) is 0 Å². The fourth-order valence-electron chi connectivity index (χ4n) is 8.45. The molecule has 2 heterocycles. The van der Waals surface area contributed by atoms with E-state index in [1.165, 1.54) is 245 Å². The van der Waals surface area contributed by atoms with Gasteiger partial charge in [0.2, 0.25) is 0 Å². The van der Waals surface area contributed by atoms with E-state index in [4.69, 9.17) is 0 Å². The summed E-state index contributed by atoms with van der Waals surface area (Å²) < 4.78 is 4.57. The lowest BCUT2D eigenvalue weighted by Crippen LogP contribution is -2.36. The molecule has 6 heteroatoms. The van der Waals surface area contributed by atoms with Crippen LogP contribution >= 0.6 is 0 Å². The van der Waals surface area contributed by atoms with Crippen LogP contribution in [-0.2, 0) is 13.1 Å². The molecule has 342 valence electrons. The highest BCUT2D eigenvalue weighted by atomic mass is 15.1. The number of rotatable bonds is 45. The van der Waals surface area contributed by atoms with E-state index in [0.29, 0.717) is 0 Å². The minimum Gasteiger partial charge on any atom is -0.303 e. The predicted octanol–water partition coefficient (Wildman–Crippen LogP) is 14.0. The largest absolute Gasteiger partial charge is 0.303 e. The minimum atomic E-state index is 1.08. The Labute approximate surface area is 373 Å². The standard InChI is InChI=1S/C54H98N6/c1-3-5-7-9-11-13-15-17-19-21-23-25-27-29-31-33-43-57(47-37-49-59-51-39-55-40-52-59)45-35-36-46-58(48-38-50-60-53-41-56-42-54-60)44-34-32-30-28-26-24-22-20-18-16-14-12-10-8-6-4-2/h17-20,39-42,51-54H,3-16,21-38,43-50H2,1-2H3/q+2/b19-17+,20-18?. The maximum Gasteiger partial charge on any atom is 0.187 e. The fourth-order valence-corrected chi connectivity index (χ4v) is 8.45. The molecular weight excluding hydrogens is 733 g/mol. The molecule has 0 aliphatic carbocycles. The third-order valence-corrected chi connectivity index (χ3v) is 12.3. The van der Waals surface area contributed by atoms with Crippen LogP contribution in [0, 0.1) is 0 Å². The maximum atomic E-state index is 4.21. The van der Waals surface area contributed by atoms with Crippen LogP contribution in [0.4, 0.5) is 0 Å². The van der Waals surface area contributed by atoms with Crippen LogP contribution in [0.25, 0.3) is 0 Å². The van der Waals surface area contributed by atoms with Crippen molar-refractivity contribution >= 4 is 0 Å². The van der Waals surface area contributed by atoms with E-state index in [2.05, 4.69) is 91.8 Å². The van der Waals surface area contributed by atoms with Crippen LogP contribution in [-0.4, -0.2) is 59.0 Å². The van der Waals surface area contributed by atoms with Crippen molar-refractivity contribution < 1.29 is 9.13 Å². The molecule has 0 bridgehead atoms. The summed E-state index contributed by atoms with van der Waals surface area (Å²) in [4.78, 5) is 14.0. The molecule has 2 aromatic heterocycles. The molecule has 0 spiro atoms. The third kappa shape index (κ3) is 35.2. The molecule has 0 atom stereocenters. The summed E-state index contributed by atoms with van der Waals surface area (Å²) >= 11 is 0. The van der Waals surface area contributed by atoms with Crippen molar-refractivity contribution in [3.8, 4) is 0 Å². The van der Waals surface area contributed by atoms with E-state index >= 15 is 0 Å². The number of nitrogens with zero attached hydrogens (tertiary/aromatic N) is 6. The second kappa shape index (κ2) is 43.2. The molecule has 60 heavy (non-hydrogen) atoms. The summed E-state index contributed by atoms with van der Waals surface area (Å²) in [5, 5.41) is 0. The zero-order valence-electron chi connectivity index (χ0n) is 39.9. The Morgan fingerprint density at radius 3 is 0.883 bits per heavy atom. The molecule has 0 aliphatic rings. The van der Waals surface area contributed by atoms with Gasteiger partial charge in [-0.2, -0.15) is 0 Å². The first-order chi connectivity index (χ1) is 29.8. The average Bonchev–Trinajstić information content (AvgIpc) is 3.27. The molecule has 0 radical (unpaired) electrons. The minimum absolute atomic E-state index is 1.08. The Balaban J connectivity index is 1.65. The smallest absolute Gasteiger partial charge is 0.187 e. The van der Waals surface area contributed by atoms with Gasteiger partial charge in [-0.25, -0.2) is 9.13 Å². The van der Waals surface area contributed by atoms with E-state index in [1.54, 1.807) is 0 Å². The Bertz CT molecular complexity index is 1090. The first kappa shape index (κ1) is 53.7. The van der Waals surface area contributed by atoms with Crippen LogP contribution in [0.5, 0.6) is 0 Å². The molecular formula is C54H98N6+2. The topological polar surface area (TPSA) is 40.0 Å². The van der Waals surface area contributed by atoms with Gasteiger partial charge in [-0.3, -0.25) is 9.97 Å². The van der Waals surface area contributed by atoms with Crippen LogP contribution in [0.15, 0.2) is 73.9 Å². The summed E-state index contributed by atoms with van der Waals surface area (Å²) in [5.41, 5.74) is 0. The van der Waals surface area contributed by atoms with Crippen LogP contribution in [0.3, 0.4) is 0 Å². The molecule has 0 aromatic carbocycles. The van der Waals surface area contributed by atoms with Gasteiger partial charge in [-0.1, -0.05) is 154 Å². The number of hydrogen-bond donors (Lipinski definition) is 0. The van der Waals surface area contributed by atoms with Crippen molar-refractivity contribution in [2.75, 3.05) is 39.3 Å². The van der Waals surface area contributed by atoms with Crippen molar-refractivity contribution in [1.82, 2.24) is 19.8 Å². The molecule has 6 nitrogen and oxygen atoms in total. The highest BCUT2D eigenvalue weighted by Crippen LogP contribution is 2.13. The lowest BCUT2D eigenvalue weighted by Gasteiger charge is -2.24. The van der Waals surface area contributed by atoms with Gasteiger partial charge in [0.1, 0.15) is 13.1 Å². The molecule has 0 fully saturated rings. The molecule has 2 aromatic rings. The van der Waals surface area contributed by atoms with E-state index < -0.39 is 0 Å². The van der Waals surface area contributed by atoms with Crippen molar-refractivity contribution in [3.63, 3.8) is 0 Å². The monoisotopic (exact) mass is 831 g/mol. The van der Waals surface area contributed by atoms with Gasteiger partial charge >= 0.3 is 0 Å². The van der Waals surface area contributed by atoms with E-state index in [1.807, 2.05) is 24.8 Å². The summed E-state index contributed by atoms with van der Waals surface area (Å²) in [6.45, 7) is 14.1. The maximum absolute atomic E-state index is 4.21. The Hall–Kier alpha value is -2.44. The number of aryl methyl sites for hydroxylation is 2. The second-order valence-corrected chi connectivity index (χ2v) is 17.9. The molecule has 0 aliphatic heterocycles. The lowest BCUT2D eigenvalue weighted by atomic mass is 10.1. The fraction of sp³-hybridized carbons (Fsp3) is 0.778. The van der Waals surface area contributed by atoms with Crippen molar-refractivity contribution in [3.05, 3.63) is 73.9 Å². The highest BCUT2D eigenvalue weighted by molar-refractivity contribution is 4.82. The molecule has 0 amide bonds. The summed E-state index contributed by atoms with van der Waals surface area (Å²) in [6.07, 6.45) is 69.3. The molecule has 2 rings (SSSR count). The molecule has 0 unspecified atom stereocenters. The quantitative estimate of drug-likeness (QED) is 0.0379. The Kier molecular flexibility index (Phi) is 38.7. The SMILES string of the molecule is CCCCCCCCC=CCCCCCCCCN(CCCCN(CCCCCCCC/C=C/CCCCCCCC)CCC[n+]1ccncc1)CCC[n+]1ccncc1. The first-order valence-electron chi connectivity index (χ1n) is 26.1. The van der Waals surface area contributed by atoms with Gasteiger partial charge in [0.05, 0.1) is 24.8 Å². The van der Waals surface area contributed by atoms with Crippen LogP contribution < -0.4 is 9.13 Å². The van der Waals surface area contributed by atoms with E-state index in [9.17, 15) is 0 Å². The number of unbranched alkanes of at least 4 members (excludes halogenated alkanes) is 25. The van der Waals surface area contributed by atoms with Gasteiger partial charge in [0, 0.05) is 25.9 Å². The van der Waals surface area contributed by atoms with E-state index in [0.717, 1.165) is 13.1 Å². The Morgan fingerprint density at radius 1 is 0.317 bits per heavy atom. The average molecular weight is 831 g/mol. The van der Waals surface area contributed by atoms with Gasteiger partial charge in [0.25, 0.3) is 0 Å². The zero-order valence-corrected chi connectivity index (χ0v) is 39.9. The van der Waals surface area contributed by atoms with Gasteiger partial charge in [-0.15, -0.1) is 0 Å². The van der Waals surface area contributed by atoms with Gasteiger partial charge < -0.3 is 9.80 Å². The highest BCUT2D eigenvalue weighted by Gasteiger charge is 2.10. The zero-order chi connectivity index (χ0) is 42.5. The van der Waals surface area contributed by atoms with Crippen molar-refractivity contribution in [2.24, 2.45) is 0 Å². The second-order valence-electron chi connectivity index (χ2n) is 17.9. The summed E-state index contributed by atoms with van der Waals surface area (Å²) in [6, 6.07) is 0. The van der Waals surface area contributed by atoms with Crippen LogP contribution in [0.2, 0.25) is 0 Å². The third-order valence-electron chi connectivity index (χ3n) is 12.3. The van der Waals surface area contributed by atoms with Gasteiger partial charge in [0.15, 0.2) is 24.8 Å². The van der Waals surface area contributed by atoms with Crippen molar-refractivity contribution in [1.29, 1.82) is 0 Å². The van der Waals surface area contributed by atoms with Crippen molar-refractivity contribution in [2.45, 2.75) is 232 Å². The summed E-state index contributed by atoms with van der Waals surface area (Å²) in [7, 11) is 0. The number of hydrogen-bond acceptors (Lipinski definition) is 4.